The first kappa shape index (κ1) is 17.5. The lowest BCUT2D eigenvalue weighted by molar-refractivity contribution is -0.134. The van der Waals surface area contributed by atoms with Crippen molar-refractivity contribution in [2.24, 2.45) is 0 Å². The summed E-state index contributed by atoms with van der Waals surface area (Å²) < 4.78 is 0. The Kier molecular flexibility index (Phi) is 5.74. The molecule has 0 aliphatic carbocycles. The molecule has 0 saturated carbocycles. The minimum atomic E-state index is -0.210. The van der Waals surface area contributed by atoms with Gasteiger partial charge in [0.25, 0.3) is 11.8 Å². The fourth-order valence-electron chi connectivity index (χ4n) is 3.51. The number of phenols is 1. The van der Waals surface area contributed by atoms with Gasteiger partial charge in [-0.05, 0) is 50.7 Å². The number of rotatable bonds is 3. The first-order chi connectivity index (χ1) is 12.2. The average molecular weight is 342 g/mol. The maximum absolute atomic E-state index is 13.0. The summed E-state index contributed by atoms with van der Waals surface area (Å²) in [6, 6.07) is 6.81. The molecule has 0 radical (unpaired) electrons. The van der Waals surface area contributed by atoms with E-state index in [1.807, 2.05) is 0 Å². The fourth-order valence-corrected chi connectivity index (χ4v) is 3.51. The van der Waals surface area contributed by atoms with Gasteiger partial charge in [-0.2, -0.15) is 0 Å². The molecule has 1 aromatic rings. The summed E-state index contributed by atoms with van der Waals surface area (Å²) in [5, 5.41) is 10.0. The Hall–Kier alpha value is -2.30. The van der Waals surface area contributed by atoms with Crippen molar-refractivity contribution in [1.82, 2.24) is 9.80 Å². The number of para-hydroxylation sites is 1. The van der Waals surface area contributed by atoms with E-state index < -0.39 is 0 Å². The SMILES string of the molecule is O=C(C(=Cc1ccccc1O)C(=O)N1CCCCC1)N1CCCCC1. The second-order valence-corrected chi connectivity index (χ2v) is 6.82. The number of piperidine rings is 2. The van der Waals surface area contributed by atoms with E-state index >= 15 is 0 Å². The summed E-state index contributed by atoms with van der Waals surface area (Å²) in [6.45, 7) is 2.79. The summed E-state index contributed by atoms with van der Waals surface area (Å²) in [5.74, 6) is -0.338. The van der Waals surface area contributed by atoms with E-state index in [2.05, 4.69) is 0 Å². The summed E-state index contributed by atoms with van der Waals surface area (Å²) in [6.07, 6.45) is 7.73. The van der Waals surface area contributed by atoms with Gasteiger partial charge >= 0.3 is 0 Å². The molecule has 25 heavy (non-hydrogen) atoms. The molecule has 0 spiro atoms. The molecular formula is C20H26N2O3. The van der Waals surface area contributed by atoms with Gasteiger partial charge in [-0.15, -0.1) is 0 Å². The van der Waals surface area contributed by atoms with E-state index in [-0.39, 0.29) is 23.1 Å². The molecule has 0 bridgehead atoms. The van der Waals surface area contributed by atoms with E-state index in [9.17, 15) is 14.7 Å². The standard InChI is InChI=1S/C20H26N2O3/c23-18-10-4-3-9-16(18)15-17(19(24)21-11-5-1-6-12-21)20(25)22-13-7-2-8-14-22/h3-4,9-10,15,23H,1-2,5-8,11-14H2. The molecule has 3 rings (SSSR count). The Morgan fingerprint density at radius 3 is 1.76 bits per heavy atom. The van der Waals surface area contributed by atoms with Crippen LogP contribution in [0.1, 0.15) is 44.1 Å². The van der Waals surface area contributed by atoms with Crippen molar-refractivity contribution in [3.63, 3.8) is 0 Å². The van der Waals surface area contributed by atoms with Crippen molar-refractivity contribution >= 4 is 17.9 Å². The zero-order chi connectivity index (χ0) is 17.6. The lowest BCUT2D eigenvalue weighted by atomic mass is 10.0. The molecule has 2 heterocycles. The minimum Gasteiger partial charge on any atom is -0.507 e. The molecule has 0 atom stereocenters. The predicted molar refractivity (Wildman–Crippen MR) is 96.9 cm³/mol. The summed E-state index contributed by atoms with van der Waals surface area (Å²) in [4.78, 5) is 29.6. The van der Waals surface area contributed by atoms with Crippen LogP contribution in [0.25, 0.3) is 6.08 Å². The number of amides is 2. The monoisotopic (exact) mass is 342 g/mol. The third-order valence-electron chi connectivity index (χ3n) is 4.98. The molecule has 0 aromatic heterocycles. The molecule has 2 aliphatic rings. The quantitative estimate of drug-likeness (QED) is 0.522. The van der Waals surface area contributed by atoms with Crippen molar-refractivity contribution in [3.8, 4) is 5.75 Å². The fraction of sp³-hybridized carbons (Fsp3) is 0.500. The predicted octanol–water partition coefficient (Wildman–Crippen LogP) is 2.80. The van der Waals surface area contributed by atoms with Gasteiger partial charge in [0, 0.05) is 31.7 Å². The molecule has 0 unspecified atom stereocenters. The summed E-state index contributed by atoms with van der Waals surface area (Å²) in [5.41, 5.74) is 0.679. The molecular weight excluding hydrogens is 316 g/mol. The van der Waals surface area contributed by atoms with Crippen LogP contribution >= 0.6 is 0 Å². The van der Waals surface area contributed by atoms with Gasteiger partial charge in [-0.3, -0.25) is 9.59 Å². The van der Waals surface area contributed by atoms with Gasteiger partial charge in [0.05, 0.1) is 0 Å². The van der Waals surface area contributed by atoms with E-state index in [0.29, 0.717) is 31.7 Å². The van der Waals surface area contributed by atoms with Crippen LogP contribution in [0, 0.1) is 0 Å². The second kappa shape index (κ2) is 8.19. The number of hydrogen-bond acceptors (Lipinski definition) is 3. The van der Waals surface area contributed by atoms with Crippen LogP contribution < -0.4 is 0 Å². The van der Waals surface area contributed by atoms with E-state index in [0.717, 1.165) is 38.5 Å². The Morgan fingerprint density at radius 1 is 0.800 bits per heavy atom. The molecule has 5 heteroatoms. The van der Waals surface area contributed by atoms with E-state index in [1.165, 1.54) is 0 Å². The third kappa shape index (κ3) is 4.21. The molecule has 134 valence electrons. The van der Waals surface area contributed by atoms with Crippen LogP contribution in [0.3, 0.4) is 0 Å². The van der Waals surface area contributed by atoms with Gasteiger partial charge < -0.3 is 14.9 Å². The second-order valence-electron chi connectivity index (χ2n) is 6.82. The largest absolute Gasteiger partial charge is 0.507 e. The summed E-state index contributed by atoms with van der Waals surface area (Å²) >= 11 is 0. The third-order valence-corrected chi connectivity index (χ3v) is 4.98. The highest BCUT2D eigenvalue weighted by atomic mass is 16.3. The van der Waals surface area contributed by atoms with Crippen molar-refractivity contribution in [2.45, 2.75) is 38.5 Å². The first-order valence-corrected chi connectivity index (χ1v) is 9.25. The zero-order valence-electron chi connectivity index (χ0n) is 14.6. The van der Waals surface area contributed by atoms with Gasteiger partial charge in [0.15, 0.2) is 0 Å². The van der Waals surface area contributed by atoms with Crippen molar-refractivity contribution in [2.75, 3.05) is 26.2 Å². The number of carbonyl (C=O) groups excluding carboxylic acids is 2. The Labute approximate surface area is 148 Å². The maximum atomic E-state index is 13.0. The van der Waals surface area contributed by atoms with Gasteiger partial charge in [0.1, 0.15) is 11.3 Å². The van der Waals surface area contributed by atoms with Gasteiger partial charge in [-0.25, -0.2) is 0 Å². The Balaban J connectivity index is 1.91. The number of carbonyl (C=O) groups is 2. The average Bonchev–Trinajstić information content (AvgIpc) is 2.68. The highest BCUT2D eigenvalue weighted by Crippen LogP contribution is 2.23. The van der Waals surface area contributed by atoms with Crippen LogP contribution in [0.15, 0.2) is 29.8 Å². The number of nitrogens with zero attached hydrogens (tertiary/aromatic N) is 2. The number of likely N-dealkylation sites (tertiary alicyclic amines) is 2. The molecule has 2 amide bonds. The number of hydrogen-bond donors (Lipinski definition) is 1. The molecule has 2 aliphatic heterocycles. The topological polar surface area (TPSA) is 60.9 Å². The van der Waals surface area contributed by atoms with Crippen molar-refractivity contribution < 1.29 is 14.7 Å². The van der Waals surface area contributed by atoms with Crippen LogP contribution in [0.4, 0.5) is 0 Å². The number of benzene rings is 1. The Bertz CT molecular complexity index is 625. The molecule has 2 saturated heterocycles. The van der Waals surface area contributed by atoms with E-state index in [1.54, 1.807) is 40.1 Å². The number of phenolic OH excluding ortho intramolecular Hbond substituents is 1. The molecule has 2 fully saturated rings. The highest BCUT2D eigenvalue weighted by Gasteiger charge is 2.29. The van der Waals surface area contributed by atoms with Crippen LogP contribution in [0.5, 0.6) is 5.75 Å². The van der Waals surface area contributed by atoms with Crippen LogP contribution in [-0.2, 0) is 9.59 Å². The molecule has 5 nitrogen and oxygen atoms in total. The lowest BCUT2D eigenvalue weighted by Crippen LogP contribution is -2.43. The highest BCUT2D eigenvalue weighted by molar-refractivity contribution is 6.21. The first-order valence-electron chi connectivity index (χ1n) is 9.25. The van der Waals surface area contributed by atoms with Crippen molar-refractivity contribution in [1.29, 1.82) is 0 Å². The molecule has 1 aromatic carbocycles. The zero-order valence-corrected chi connectivity index (χ0v) is 14.6. The Morgan fingerprint density at radius 2 is 1.28 bits per heavy atom. The lowest BCUT2D eigenvalue weighted by Gasteiger charge is -2.31. The van der Waals surface area contributed by atoms with Crippen molar-refractivity contribution in [3.05, 3.63) is 35.4 Å². The van der Waals surface area contributed by atoms with Gasteiger partial charge in [0.2, 0.25) is 0 Å². The van der Waals surface area contributed by atoms with Gasteiger partial charge in [-0.1, -0.05) is 18.2 Å². The van der Waals surface area contributed by atoms with E-state index in [4.69, 9.17) is 0 Å². The maximum Gasteiger partial charge on any atom is 0.259 e. The number of aromatic hydroxyl groups is 1. The smallest absolute Gasteiger partial charge is 0.259 e. The normalized spacial score (nSPS) is 17.9. The van der Waals surface area contributed by atoms with Crippen LogP contribution in [0.2, 0.25) is 0 Å². The summed E-state index contributed by atoms with van der Waals surface area (Å²) in [7, 11) is 0. The minimum absolute atomic E-state index is 0.0814. The van der Waals surface area contributed by atoms with Crippen LogP contribution in [-0.4, -0.2) is 52.9 Å². The molecule has 1 N–H and O–H groups in total.